The van der Waals surface area contributed by atoms with Crippen molar-refractivity contribution in [1.29, 1.82) is 0 Å². The van der Waals surface area contributed by atoms with Crippen molar-refractivity contribution in [3.05, 3.63) is 12.2 Å². The molecule has 0 N–H and O–H groups in total. The van der Waals surface area contributed by atoms with Gasteiger partial charge in [-0.2, -0.15) is 0 Å². The Hall–Kier alpha value is -0.790. The van der Waals surface area contributed by atoms with E-state index in [-0.39, 0.29) is 18.0 Å². The second kappa shape index (κ2) is 2.36. The average molecular weight is 152 g/mol. The molecule has 2 nitrogen and oxygen atoms in total. The fourth-order valence-corrected chi connectivity index (χ4v) is 1.90. The predicted octanol–water partition coefficient (Wildman–Crippen LogP) is 1.51. The van der Waals surface area contributed by atoms with Crippen molar-refractivity contribution in [1.82, 2.24) is 0 Å². The molecule has 0 saturated carbocycles. The van der Waals surface area contributed by atoms with Crippen LogP contribution in [0.25, 0.3) is 0 Å². The van der Waals surface area contributed by atoms with Gasteiger partial charge in [0.25, 0.3) is 0 Å². The van der Waals surface area contributed by atoms with Gasteiger partial charge in [-0.25, -0.2) is 0 Å². The van der Waals surface area contributed by atoms with E-state index >= 15 is 0 Å². The molecular formula is C9H12O2. The zero-order valence-corrected chi connectivity index (χ0v) is 6.62. The highest BCUT2D eigenvalue weighted by atomic mass is 16.6. The molecule has 0 aromatic rings. The van der Waals surface area contributed by atoms with E-state index in [0.717, 1.165) is 12.8 Å². The van der Waals surface area contributed by atoms with Crippen LogP contribution in [0.1, 0.15) is 19.8 Å². The first-order chi connectivity index (χ1) is 5.29. The molecule has 11 heavy (non-hydrogen) atoms. The van der Waals surface area contributed by atoms with Gasteiger partial charge in [0.2, 0.25) is 0 Å². The maximum Gasteiger partial charge on any atom is 0.309 e. The van der Waals surface area contributed by atoms with Gasteiger partial charge in [0.05, 0.1) is 5.92 Å². The minimum absolute atomic E-state index is 0.0217. The van der Waals surface area contributed by atoms with Crippen LogP contribution < -0.4 is 0 Å². The molecule has 0 aromatic carbocycles. The lowest BCUT2D eigenvalue weighted by Gasteiger charge is -2.18. The van der Waals surface area contributed by atoms with Gasteiger partial charge in [-0.1, -0.05) is 13.0 Å². The van der Waals surface area contributed by atoms with Gasteiger partial charge in [-0.05, 0) is 18.9 Å². The van der Waals surface area contributed by atoms with Crippen LogP contribution in [0.5, 0.6) is 0 Å². The lowest BCUT2D eigenvalue weighted by molar-refractivity contribution is -0.142. The number of hydrogen-bond acceptors (Lipinski definition) is 2. The van der Waals surface area contributed by atoms with Crippen LogP contribution in [0.4, 0.5) is 0 Å². The lowest BCUT2D eigenvalue weighted by Crippen LogP contribution is -2.19. The van der Waals surface area contributed by atoms with E-state index in [1.165, 1.54) is 0 Å². The van der Waals surface area contributed by atoms with Crippen LogP contribution in [0, 0.1) is 11.8 Å². The molecule has 2 rings (SSSR count). The Kier molecular flexibility index (Phi) is 1.48. The van der Waals surface area contributed by atoms with Gasteiger partial charge >= 0.3 is 5.97 Å². The molecule has 0 bridgehead atoms. The predicted molar refractivity (Wildman–Crippen MR) is 40.9 cm³/mol. The third-order valence-electron chi connectivity index (χ3n) is 2.68. The molecule has 2 aliphatic rings. The topological polar surface area (TPSA) is 26.3 Å². The molecule has 0 spiro atoms. The average Bonchev–Trinajstić information content (AvgIpc) is 2.30. The molecule has 1 aliphatic heterocycles. The summed E-state index contributed by atoms with van der Waals surface area (Å²) < 4.78 is 5.15. The van der Waals surface area contributed by atoms with Gasteiger partial charge in [-0.3, -0.25) is 4.79 Å². The summed E-state index contributed by atoms with van der Waals surface area (Å²) in [4.78, 5) is 11.1. The van der Waals surface area contributed by atoms with Crippen molar-refractivity contribution in [2.45, 2.75) is 25.9 Å². The maximum atomic E-state index is 11.1. The Morgan fingerprint density at radius 2 is 2.45 bits per heavy atom. The van der Waals surface area contributed by atoms with Gasteiger partial charge < -0.3 is 4.74 Å². The number of esters is 1. The zero-order chi connectivity index (χ0) is 7.84. The molecule has 1 heterocycles. The van der Waals surface area contributed by atoms with Gasteiger partial charge in [0.15, 0.2) is 0 Å². The van der Waals surface area contributed by atoms with Crippen LogP contribution in [0.3, 0.4) is 0 Å². The Balaban J connectivity index is 2.21. The molecule has 0 unspecified atom stereocenters. The molecule has 0 aromatic heterocycles. The Morgan fingerprint density at radius 3 is 3.18 bits per heavy atom. The largest absolute Gasteiger partial charge is 0.458 e. The molecule has 1 fully saturated rings. The summed E-state index contributed by atoms with van der Waals surface area (Å²) in [5.74, 6) is 0.545. The summed E-state index contributed by atoms with van der Waals surface area (Å²) in [7, 11) is 0. The van der Waals surface area contributed by atoms with Gasteiger partial charge in [0.1, 0.15) is 6.10 Å². The van der Waals surface area contributed by atoms with Crippen LogP contribution in [0.15, 0.2) is 12.2 Å². The lowest BCUT2D eigenvalue weighted by atomic mass is 9.84. The minimum Gasteiger partial charge on any atom is -0.458 e. The summed E-state index contributed by atoms with van der Waals surface area (Å²) in [6, 6.07) is 0. The molecule has 2 heteroatoms. The number of hydrogen-bond donors (Lipinski definition) is 0. The summed E-state index contributed by atoms with van der Waals surface area (Å²) in [6.07, 6.45) is 6.42. The smallest absolute Gasteiger partial charge is 0.309 e. The quantitative estimate of drug-likeness (QED) is 0.388. The minimum atomic E-state index is -0.0217. The van der Waals surface area contributed by atoms with Crippen LogP contribution >= 0.6 is 0 Å². The molecule has 1 saturated heterocycles. The Labute approximate surface area is 66.2 Å². The second-order valence-corrected chi connectivity index (χ2v) is 3.36. The summed E-state index contributed by atoms with van der Waals surface area (Å²) in [5, 5.41) is 0. The van der Waals surface area contributed by atoms with Crippen molar-refractivity contribution in [2.75, 3.05) is 0 Å². The van der Waals surface area contributed by atoms with Crippen LogP contribution in [0.2, 0.25) is 0 Å². The highest BCUT2D eigenvalue weighted by Crippen LogP contribution is 2.35. The fourth-order valence-electron chi connectivity index (χ4n) is 1.90. The maximum absolute atomic E-state index is 11.1. The number of carbonyl (C=O) groups excluding carboxylic acids is 1. The first-order valence-corrected chi connectivity index (χ1v) is 4.16. The van der Waals surface area contributed by atoms with Crippen molar-refractivity contribution in [2.24, 2.45) is 11.8 Å². The number of allylic oxidation sites excluding steroid dienone is 1. The number of rotatable bonds is 0. The van der Waals surface area contributed by atoms with Crippen LogP contribution in [-0.2, 0) is 9.53 Å². The van der Waals surface area contributed by atoms with E-state index < -0.39 is 0 Å². The first-order valence-electron chi connectivity index (χ1n) is 4.16. The van der Waals surface area contributed by atoms with E-state index in [1.807, 2.05) is 13.0 Å². The van der Waals surface area contributed by atoms with E-state index in [2.05, 4.69) is 6.08 Å². The van der Waals surface area contributed by atoms with E-state index in [0.29, 0.717) is 5.92 Å². The molecule has 0 radical (unpaired) electrons. The zero-order valence-electron chi connectivity index (χ0n) is 6.62. The molecule has 1 aliphatic carbocycles. The second-order valence-electron chi connectivity index (χ2n) is 3.36. The van der Waals surface area contributed by atoms with E-state index in [1.54, 1.807) is 0 Å². The SMILES string of the molecule is C[C@H]1C(=O)O[C@H]2C=CCC[C@@H]21. The summed E-state index contributed by atoms with van der Waals surface area (Å²) >= 11 is 0. The van der Waals surface area contributed by atoms with Crippen molar-refractivity contribution < 1.29 is 9.53 Å². The van der Waals surface area contributed by atoms with Crippen LogP contribution in [-0.4, -0.2) is 12.1 Å². The molecule has 60 valence electrons. The highest BCUT2D eigenvalue weighted by molar-refractivity contribution is 5.75. The van der Waals surface area contributed by atoms with Gasteiger partial charge in [0, 0.05) is 5.92 Å². The highest BCUT2D eigenvalue weighted by Gasteiger charge is 2.40. The number of ether oxygens (including phenoxy) is 1. The number of carbonyl (C=O) groups is 1. The van der Waals surface area contributed by atoms with Crippen molar-refractivity contribution >= 4 is 5.97 Å². The summed E-state index contributed by atoms with van der Waals surface area (Å²) in [5.41, 5.74) is 0. The van der Waals surface area contributed by atoms with Crippen molar-refractivity contribution in [3.8, 4) is 0 Å². The van der Waals surface area contributed by atoms with Gasteiger partial charge in [-0.15, -0.1) is 0 Å². The normalized spacial score (nSPS) is 41.9. The molecular weight excluding hydrogens is 140 g/mol. The van der Waals surface area contributed by atoms with E-state index in [9.17, 15) is 4.79 Å². The molecule has 0 amide bonds. The fraction of sp³-hybridized carbons (Fsp3) is 0.667. The van der Waals surface area contributed by atoms with E-state index in [4.69, 9.17) is 4.74 Å². The Bertz CT molecular complexity index is 208. The summed E-state index contributed by atoms with van der Waals surface area (Å²) in [6.45, 7) is 1.96. The third kappa shape index (κ3) is 0.971. The third-order valence-corrected chi connectivity index (χ3v) is 2.68. The molecule has 3 atom stereocenters. The van der Waals surface area contributed by atoms with Crippen molar-refractivity contribution in [3.63, 3.8) is 0 Å². The number of fused-ring (bicyclic) bond motifs is 1. The Morgan fingerprint density at radius 1 is 1.64 bits per heavy atom. The first kappa shape index (κ1) is 6.89. The standard InChI is InChI=1S/C9H12O2/c1-6-7-4-2-3-5-8(7)11-9(6)10/h3,5-8H,2,4H2,1H3/t6-,7-,8+/m1/s1. The monoisotopic (exact) mass is 152 g/mol.